The van der Waals surface area contributed by atoms with Crippen molar-refractivity contribution in [3.05, 3.63) is 40.1 Å². The lowest BCUT2D eigenvalue weighted by atomic mass is 10.2. The van der Waals surface area contributed by atoms with Crippen molar-refractivity contribution in [1.82, 2.24) is 9.97 Å². The maximum absolute atomic E-state index is 6.23. The number of nitrogens with zero attached hydrogens (tertiary/aromatic N) is 2. The first-order chi connectivity index (χ1) is 10.2. The monoisotopic (exact) mass is 341 g/mol. The van der Waals surface area contributed by atoms with Gasteiger partial charge in [-0.05, 0) is 31.0 Å². The quantitative estimate of drug-likeness (QED) is 0.721. The van der Waals surface area contributed by atoms with Crippen molar-refractivity contribution in [2.45, 2.75) is 36.6 Å². The summed E-state index contributed by atoms with van der Waals surface area (Å²) in [7, 11) is 0. The predicted molar refractivity (Wildman–Crippen MR) is 90.8 cm³/mol. The fraction of sp³-hybridized carbons (Fsp3) is 0.333. The lowest BCUT2D eigenvalue weighted by Gasteiger charge is -2.13. The zero-order chi connectivity index (χ0) is 15.2. The lowest BCUT2D eigenvalue weighted by Crippen LogP contribution is -2.06. The van der Waals surface area contributed by atoms with Gasteiger partial charge in [0.25, 0.3) is 0 Å². The van der Waals surface area contributed by atoms with Crippen LogP contribution in [-0.2, 0) is 6.42 Å². The van der Waals surface area contributed by atoms with Gasteiger partial charge in [0.1, 0.15) is 17.2 Å². The Morgan fingerprint density at radius 2 is 2.00 bits per heavy atom. The third-order valence-electron chi connectivity index (χ3n) is 2.90. The SMILES string of the molecule is CCCNc1ncnc(Sc2cc(Cl)ccc2Cl)c1CC. The maximum atomic E-state index is 6.23. The molecule has 1 N–H and O–H groups in total. The topological polar surface area (TPSA) is 37.8 Å². The fourth-order valence-electron chi connectivity index (χ4n) is 1.86. The van der Waals surface area contributed by atoms with Crippen molar-refractivity contribution in [3.8, 4) is 0 Å². The molecule has 1 aromatic carbocycles. The van der Waals surface area contributed by atoms with Gasteiger partial charge in [0.2, 0.25) is 0 Å². The van der Waals surface area contributed by atoms with Crippen molar-refractivity contribution in [2.75, 3.05) is 11.9 Å². The van der Waals surface area contributed by atoms with Gasteiger partial charge >= 0.3 is 0 Å². The van der Waals surface area contributed by atoms with Crippen LogP contribution in [0.15, 0.2) is 34.4 Å². The van der Waals surface area contributed by atoms with Gasteiger partial charge in [-0.15, -0.1) is 0 Å². The summed E-state index contributed by atoms with van der Waals surface area (Å²) in [6, 6.07) is 5.44. The number of rotatable bonds is 6. The van der Waals surface area contributed by atoms with E-state index in [0.29, 0.717) is 10.0 Å². The average Bonchev–Trinajstić information content (AvgIpc) is 2.49. The molecule has 0 saturated carbocycles. The lowest BCUT2D eigenvalue weighted by molar-refractivity contribution is 0.911. The van der Waals surface area contributed by atoms with Crippen molar-refractivity contribution >= 4 is 40.8 Å². The Bertz CT molecular complexity index is 620. The van der Waals surface area contributed by atoms with Crippen LogP contribution >= 0.6 is 35.0 Å². The molecule has 0 saturated heterocycles. The molecule has 0 aliphatic heterocycles. The minimum atomic E-state index is 0.665. The Labute approximate surface area is 139 Å². The summed E-state index contributed by atoms with van der Waals surface area (Å²) in [5.74, 6) is 0.898. The zero-order valence-corrected chi connectivity index (χ0v) is 14.3. The van der Waals surface area contributed by atoms with E-state index in [1.54, 1.807) is 18.5 Å². The van der Waals surface area contributed by atoms with E-state index in [2.05, 4.69) is 29.1 Å². The van der Waals surface area contributed by atoms with Gasteiger partial charge in [-0.1, -0.05) is 48.8 Å². The summed E-state index contributed by atoms with van der Waals surface area (Å²) < 4.78 is 0. The van der Waals surface area contributed by atoms with Crippen LogP contribution in [0.3, 0.4) is 0 Å². The molecule has 2 aromatic rings. The largest absolute Gasteiger partial charge is 0.370 e. The van der Waals surface area contributed by atoms with Gasteiger partial charge in [-0.25, -0.2) is 9.97 Å². The zero-order valence-electron chi connectivity index (χ0n) is 12.0. The molecule has 0 unspecified atom stereocenters. The van der Waals surface area contributed by atoms with E-state index in [-0.39, 0.29) is 0 Å². The van der Waals surface area contributed by atoms with E-state index in [4.69, 9.17) is 23.2 Å². The maximum Gasteiger partial charge on any atom is 0.133 e. The average molecular weight is 342 g/mol. The number of hydrogen-bond donors (Lipinski definition) is 1. The molecular weight excluding hydrogens is 325 g/mol. The van der Waals surface area contributed by atoms with Gasteiger partial charge in [0, 0.05) is 22.0 Å². The van der Waals surface area contributed by atoms with Crippen LogP contribution < -0.4 is 5.32 Å². The highest BCUT2D eigenvalue weighted by molar-refractivity contribution is 7.99. The third-order valence-corrected chi connectivity index (χ3v) is 4.68. The molecule has 1 heterocycles. The molecule has 3 nitrogen and oxygen atoms in total. The Morgan fingerprint density at radius 1 is 1.19 bits per heavy atom. The number of nitrogens with one attached hydrogen (secondary N) is 1. The Morgan fingerprint density at radius 3 is 2.71 bits per heavy atom. The molecular formula is C15H17Cl2N3S. The van der Waals surface area contributed by atoms with E-state index >= 15 is 0 Å². The van der Waals surface area contributed by atoms with E-state index in [1.165, 1.54) is 11.8 Å². The highest BCUT2D eigenvalue weighted by Gasteiger charge is 2.12. The summed E-state index contributed by atoms with van der Waals surface area (Å²) >= 11 is 13.8. The Balaban J connectivity index is 2.33. The molecule has 0 radical (unpaired) electrons. The number of anilines is 1. The molecule has 112 valence electrons. The number of halogens is 2. The first-order valence-corrected chi connectivity index (χ1v) is 8.43. The Hall–Kier alpha value is -0.970. The molecule has 0 amide bonds. The molecule has 1 aromatic heterocycles. The fourth-order valence-corrected chi connectivity index (χ4v) is 3.35. The van der Waals surface area contributed by atoms with Crippen LogP contribution in [0.4, 0.5) is 5.82 Å². The van der Waals surface area contributed by atoms with Crippen molar-refractivity contribution in [3.63, 3.8) is 0 Å². The molecule has 0 aliphatic carbocycles. The van der Waals surface area contributed by atoms with Crippen molar-refractivity contribution in [2.24, 2.45) is 0 Å². The smallest absolute Gasteiger partial charge is 0.133 e. The van der Waals surface area contributed by atoms with Crippen LogP contribution in [0.1, 0.15) is 25.8 Å². The van der Waals surface area contributed by atoms with Crippen molar-refractivity contribution < 1.29 is 0 Å². The van der Waals surface area contributed by atoms with E-state index in [0.717, 1.165) is 40.7 Å². The van der Waals surface area contributed by atoms with E-state index in [1.807, 2.05) is 6.07 Å². The molecule has 6 heteroatoms. The first-order valence-electron chi connectivity index (χ1n) is 6.86. The van der Waals surface area contributed by atoms with Gasteiger partial charge in [-0.2, -0.15) is 0 Å². The number of hydrogen-bond acceptors (Lipinski definition) is 4. The second-order valence-corrected chi connectivity index (χ2v) is 6.34. The van der Waals surface area contributed by atoms with Gasteiger partial charge in [0.05, 0.1) is 5.02 Å². The molecule has 0 aliphatic rings. The highest BCUT2D eigenvalue weighted by atomic mass is 35.5. The number of aromatic nitrogens is 2. The molecule has 0 fully saturated rings. The second kappa shape index (κ2) is 7.87. The van der Waals surface area contributed by atoms with Crippen LogP contribution in [0, 0.1) is 0 Å². The van der Waals surface area contributed by atoms with Crippen LogP contribution in [0.5, 0.6) is 0 Å². The minimum absolute atomic E-state index is 0.665. The van der Waals surface area contributed by atoms with E-state index in [9.17, 15) is 0 Å². The number of benzene rings is 1. The second-order valence-electron chi connectivity index (χ2n) is 4.46. The van der Waals surface area contributed by atoms with Crippen molar-refractivity contribution in [1.29, 1.82) is 0 Å². The van der Waals surface area contributed by atoms with Crippen LogP contribution in [0.25, 0.3) is 0 Å². The normalized spacial score (nSPS) is 10.7. The standard InChI is InChI=1S/C15H17Cl2N3S/c1-3-7-18-14-11(4-2)15(20-9-19-14)21-13-8-10(16)5-6-12(13)17/h5-6,8-9H,3-4,7H2,1-2H3,(H,18,19,20). The summed E-state index contributed by atoms with van der Waals surface area (Å²) in [6.07, 6.45) is 3.49. The Kier molecular flexibility index (Phi) is 6.15. The highest BCUT2D eigenvalue weighted by Crippen LogP contribution is 2.37. The molecule has 21 heavy (non-hydrogen) atoms. The summed E-state index contributed by atoms with van der Waals surface area (Å²) in [5.41, 5.74) is 1.10. The third kappa shape index (κ3) is 4.25. The first kappa shape index (κ1) is 16.4. The van der Waals surface area contributed by atoms with E-state index < -0.39 is 0 Å². The summed E-state index contributed by atoms with van der Waals surface area (Å²) in [5, 5.41) is 5.59. The van der Waals surface area contributed by atoms with Gasteiger partial charge in [-0.3, -0.25) is 0 Å². The van der Waals surface area contributed by atoms with Gasteiger partial charge in [0.15, 0.2) is 0 Å². The molecule has 2 rings (SSSR count). The summed E-state index contributed by atoms with van der Waals surface area (Å²) in [4.78, 5) is 9.63. The summed E-state index contributed by atoms with van der Waals surface area (Å²) in [6.45, 7) is 5.12. The van der Waals surface area contributed by atoms with Crippen LogP contribution in [0.2, 0.25) is 10.0 Å². The molecule has 0 atom stereocenters. The molecule has 0 spiro atoms. The van der Waals surface area contributed by atoms with Gasteiger partial charge < -0.3 is 5.32 Å². The molecule has 0 bridgehead atoms. The predicted octanol–water partition coefficient (Wildman–Crippen LogP) is 5.32. The van der Waals surface area contributed by atoms with Crippen LogP contribution in [-0.4, -0.2) is 16.5 Å². The minimum Gasteiger partial charge on any atom is -0.370 e.